The maximum atomic E-state index is 9.23. The molecule has 0 aliphatic heterocycles. The second-order valence-corrected chi connectivity index (χ2v) is 6.23. The van der Waals surface area contributed by atoms with Gasteiger partial charge in [-0.2, -0.15) is 4.98 Å². The van der Waals surface area contributed by atoms with E-state index in [2.05, 4.69) is 48.3 Å². The van der Waals surface area contributed by atoms with Gasteiger partial charge >= 0.3 is 0 Å². The van der Waals surface area contributed by atoms with Gasteiger partial charge in [0.15, 0.2) is 0 Å². The van der Waals surface area contributed by atoms with Gasteiger partial charge in [0.1, 0.15) is 5.82 Å². The van der Waals surface area contributed by atoms with E-state index in [0.717, 1.165) is 24.3 Å². The molecule has 1 heterocycles. The Morgan fingerprint density at radius 2 is 2.05 bits per heavy atom. The van der Waals surface area contributed by atoms with Gasteiger partial charge < -0.3 is 15.7 Å². The molecule has 0 amide bonds. The summed E-state index contributed by atoms with van der Waals surface area (Å²) in [7, 11) is 0. The second kappa shape index (κ2) is 7.43. The van der Waals surface area contributed by atoms with Crippen molar-refractivity contribution in [3.63, 3.8) is 0 Å². The molecule has 0 bridgehead atoms. The highest BCUT2D eigenvalue weighted by atomic mass is 16.3. The van der Waals surface area contributed by atoms with E-state index in [0.29, 0.717) is 12.4 Å². The van der Waals surface area contributed by atoms with E-state index in [9.17, 15) is 5.11 Å². The Bertz CT molecular complexity index is 415. The van der Waals surface area contributed by atoms with Crippen molar-refractivity contribution in [3.8, 4) is 0 Å². The molecule has 0 spiro atoms. The smallest absolute Gasteiger partial charge is 0.224 e. The number of aryl methyl sites for hydroxylation is 1. The van der Waals surface area contributed by atoms with Crippen LogP contribution in [0.4, 0.5) is 11.8 Å². The lowest BCUT2D eigenvalue weighted by Gasteiger charge is -2.32. The molecule has 1 aromatic rings. The van der Waals surface area contributed by atoms with Gasteiger partial charge in [0.05, 0.1) is 0 Å². The standard InChI is InChI=1S/C15H28N4O/c1-6-8-16-14-17-10-11(2)13(19-14)18-12(7-9-20)15(3,4)5/h10,12,20H,6-9H2,1-5H3,(H2,16,17,18,19). The van der Waals surface area contributed by atoms with Crippen molar-refractivity contribution in [2.45, 2.75) is 53.5 Å². The van der Waals surface area contributed by atoms with Crippen LogP contribution in [0, 0.1) is 12.3 Å². The molecule has 5 nitrogen and oxygen atoms in total. The highest BCUT2D eigenvalue weighted by Gasteiger charge is 2.24. The van der Waals surface area contributed by atoms with Gasteiger partial charge in [-0.1, -0.05) is 27.7 Å². The summed E-state index contributed by atoms with van der Waals surface area (Å²) in [5, 5.41) is 15.9. The number of hydrogen-bond acceptors (Lipinski definition) is 5. The number of hydrogen-bond donors (Lipinski definition) is 3. The Labute approximate surface area is 122 Å². The molecule has 0 radical (unpaired) electrons. The summed E-state index contributed by atoms with van der Waals surface area (Å²) in [5.41, 5.74) is 1.07. The van der Waals surface area contributed by atoms with Gasteiger partial charge in [0.2, 0.25) is 5.95 Å². The minimum absolute atomic E-state index is 0.0527. The Morgan fingerprint density at radius 1 is 1.35 bits per heavy atom. The molecule has 1 unspecified atom stereocenters. The van der Waals surface area contributed by atoms with Crippen LogP contribution in [0.3, 0.4) is 0 Å². The maximum Gasteiger partial charge on any atom is 0.224 e. The third-order valence-corrected chi connectivity index (χ3v) is 3.28. The van der Waals surface area contributed by atoms with Crippen LogP contribution < -0.4 is 10.6 Å². The number of aliphatic hydroxyl groups is 1. The SMILES string of the molecule is CCCNc1ncc(C)c(NC(CCO)C(C)(C)C)n1. The van der Waals surface area contributed by atoms with E-state index < -0.39 is 0 Å². The first-order valence-corrected chi connectivity index (χ1v) is 7.33. The summed E-state index contributed by atoms with van der Waals surface area (Å²) >= 11 is 0. The molecular formula is C15H28N4O. The van der Waals surface area contributed by atoms with Gasteiger partial charge in [-0.3, -0.25) is 0 Å². The lowest BCUT2D eigenvalue weighted by atomic mass is 9.85. The Hall–Kier alpha value is -1.36. The summed E-state index contributed by atoms with van der Waals surface area (Å²) in [6.07, 6.45) is 3.56. The first kappa shape index (κ1) is 16.7. The van der Waals surface area contributed by atoms with Gasteiger partial charge in [0.25, 0.3) is 0 Å². The Morgan fingerprint density at radius 3 is 2.60 bits per heavy atom. The molecule has 114 valence electrons. The lowest BCUT2D eigenvalue weighted by molar-refractivity contribution is 0.235. The molecule has 0 saturated carbocycles. The predicted molar refractivity (Wildman–Crippen MR) is 84.1 cm³/mol. The molecule has 1 atom stereocenters. The summed E-state index contributed by atoms with van der Waals surface area (Å²) < 4.78 is 0. The van der Waals surface area contributed by atoms with Crippen molar-refractivity contribution >= 4 is 11.8 Å². The van der Waals surface area contributed by atoms with Crippen LogP contribution in [-0.2, 0) is 0 Å². The monoisotopic (exact) mass is 280 g/mol. The number of nitrogens with one attached hydrogen (secondary N) is 2. The summed E-state index contributed by atoms with van der Waals surface area (Å²) in [6, 6.07) is 0.167. The van der Waals surface area contributed by atoms with Crippen LogP contribution in [0.5, 0.6) is 0 Å². The zero-order chi connectivity index (χ0) is 15.2. The largest absolute Gasteiger partial charge is 0.396 e. The molecule has 0 aromatic carbocycles. The third-order valence-electron chi connectivity index (χ3n) is 3.28. The zero-order valence-corrected chi connectivity index (χ0v) is 13.3. The molecule has 1 aromatic heterocycles. The second-order valence-electron chi connectivity index (χ2n) is 6.23. The van der Waals surface area contributed by atoms with E-state index in [1.165, 1.54) is 0 Å². The molecule has 1 rings (SSSR count). The van der Waals surface area contributed by atoms with E-state index in [4.69, 9.17) is 0 Å². The average Bonchev–Trinajstić information content (AvgIpc) is 2.37. The van der Waals surface area contributed by atoms with Crippen LogP contribution in [0.1, 0.15) is 46.1 Å². The van der Waals surface area contributed by atoms with Gasteiger partial charge in [-0.05, 0) is 25.2 Å². The van der Waals surface area contributed by atoms with Crippen LogP contribution in [-0.4, -0.2) is 34.3 Å². The highest BCUT2D eigenvalue weighted by Crippen LogP contribution is 2.26. The number of aliphatic hydroxyl groups excluding tert-OH is 1. The number of anilines is 2. The lowest BCUT2D eigenvalue weighted by Crippen LogP contribution is -2.35. The Balaban J connectivity index is 2.88. The normalized spacial score (nSPS) is 13.1. The number of nitrogens with zero attached hydrogens (tertiary/aromatic N) is 2. The molecule has 0 saturated heterocycles. The quantitative estimate of drug-likeness (QED) is 0.716. The van der Waals surface area contributed by atoms with E-state index >= 15 is 0 Å². The fourth-order valence-corrected chi connectivity index (χ4v) is 1.93. The van der Waals surface area contributed by atoms with Crippen LogP contribution in [0.25, 0.3) is 0 Å². The number of rotatable bonds is 7. The van der Waals surface area contributed by atoms with Crippen molar-refractivity contribution in [2.24, 2.45) is 5.41 Å². The first-order valence-electron chi connectivity index (χ1n) is 7.33. The van der Waals surface area contributed by atoms with Crippen molar-refractivity contribution in [3.05, 3.63) is 11.8 Å². The zero-order valence-electron chi connectivity index (χ0n) is 13.3. The van der Waals surface area contributed by atoms with Crippen LogP contribution in [0.15, 0.2) is 6.20 Å². The maximum absolute atomic E-state index is 9.23. The molecule has 0 fully saturated rings. The molecule has 0 aliphatic rings. The molecule has 20 heavy (non-hydrogen) atoms. The molecule has 3 N–H and O–H groups in total. The molecule has 5 heteroatoms. The predicted octanol–water partition coefficient (Wildman–Crippen LogP) is 2.82. The average molecular weight is 280 g/mol. The summed E-state index contributed by atoms with van der Waals surface area (Å²) in [5.74, 6) is 1.49. The summed E-state index contributed by atoms with van der Waals surface area (Å²) in [6.45, 7) is 11.6. The topological polar surface area (TPSA) is 70.1 Å². The van der Waals surface area contributed by atoms with Crippen molar-refractivity contribution in [1.29, 1.82) is 0 Å². The van der Waals surface area contributed by atoms with Gasteiger partial charge in [0, 0.05) is 31.0 Å². The van der Waals surface area contributed by atoms with Crippen LogP contribution >= 0.6 is 0 Å². The van der Waals surface area contributed by atoms with Crippen molar-refractivity contribution < 1.29 is 5.11 Å². The Kier molecular flexibility index (Phi) is 6.20. The van der Waals surface area contributed by atoms with E-state index in [-0.39, 0.29) is 18.1 Å². The van der Waals surface area contributed by atoms with Gasteiger partial charge in [-0.25, -0.2) is 4.98 Å². The molecule has 0 aliphatic carbocycles. The van der Waals surface area contributed by atoms with Crippen molar-refractivity contribution in [1.82, 2.24) is 9.97 Å². The third kappa shape index (κ3) is 4.96. The van der Waals surface area contributed by atoms with E-state index in [1.54, 1.807) is 0 Å². The minimum Gasteiger partial charge on any atom is -0.396 e. The van der Waals surface area contributed by atoms with Crippen molar-refractivity contribution in [2.75, 3.05) is 23.8 Å². The minimum atomic E-state index is 0.0527. The fourth-order valence-electron chi connectivity index (χ4n) is 1.93. The van der Waals surface area contributed by atoms with Gasteiger partial charge in [-0.15, -0.1) is 0 Å². The number of aromatic nitrogens is 2. The highest BCUT2D eigenvalue weighted by molar-refractivity contribution is 5.47. The molecular weight excluding hydrogens is 252 g/mol. The first-order chi connectivity index (χ1) is 9.38. The van der Waals surface area contributed by atoms with E-state index in [1.807, 2.05) is 13.1 Å². The fraction of sp³-hybridized carbons (Fsp3) is 0.733. The summed E-state index contributed by atoms with van der Waals surface area (Å²) in [4.78, 5) is 8.81. The van der Waals surface area contributed by atoms with Crippen LogP contribution in [0.2, 0.25) is 0 Å².